The highest BCUT2D eigenvalue weighted by molar-refractivity contribution is 6.03. The van der Waals surface area contributed by atoms with Gasteiger partial charge in [-0.3, -0.25) is 9.59 Å². The van der Waals surface area contributed by atoms with E-state index in [2.05, 4.69) is 10.6 Å². The minimum absolute atomic E-state index is 0.0831. The molecule has 0 aliphatic carbocycles. The largest absolute Gasteiger partial charge is 0.352 e. The van der Waals surface area contributed by atoms with Gasteiger partial charge in [-0.25, -0.2) is 0 Å². The van der Waals surface area contributed by atoms with E-state index in [-0.39, 0.29) is 12.1 Å². The van der Waals surface area contributed by atoms with Gasteiger partial charge < -0.3 is 10.6 Å². The van der Waals surface area contributed by atoms with E-state index in [9.17, 15) is 9.59 Å². The molecule has 0 atom stereocenters. The quantitative estimate of drug-likeness (QED) is 0.650. The zero-order valence-corrected chi connectivity index (χ0v) is 9.50. The van der Waals surface area contributed by atoms with Crippen molar-refractivity contribution in [1.82, 2.24) is 10.6 Å². The smallest absolute Gasteiger partial charge is 0.247 e. The van der Waals surface area contributed by atoms with Crippen molar-refractivity contribution in [3.8, 4) is 6.07 Å². The normalized spacial score (nSPS) is 10.3. The molecule has 0 aromatic carbocycles. The van der Waals surface area contributed by atoms with Crippen LogP contribution in [-0.4, -0.2) is 23.9 Å². The van der Waals surface area contributed by atoms with E-state index in [1.54, 1.807) is 33.8 Å². The summed E-state index contributed by atoms with van der Waals surface area (Å²) in [6, 6.07) is 1.52. The lowest BCUT2D eigenvalue weighted by atomic mass is 10.1. The van der Waals surface area contributed by atoms with E-state index in [0.29, 0.717) is 0 Å². The number of nitriles is 1. The first-order valence-corrected chi connectivity index (χ1v) is 4.88. The van der Waals surface area contributed by atoms with Gasteiger partial charge >= 0.3 is 0 Å². The predicted octanol–water partition coefficient (Wildman–Crippen LogP) is 0.175. The van der Waals surface area contributed by atoms with E-state index < -0.39 is 17.7 Å². The second-order valence-electron chi connectivity index (χ2n) is 3.89. The molecule has 0 saturated heterocycles. The van der Waals surface area contributed by atoms with Crippen LogP contribution in [0.15, 0.2) is 0 Å². The fourth-order valence-electron chi connectivity index (χ4n) is 0.972. The van der Waals surface area contributed by atoms with E-state index in [1.807, 2.05) is 0 Å². The van der Waals surface area contributed by atoms with Crippen LogP contribution in [0.5, 0.6) is 0 Å². The summed E-state index contributed by atoms with van der Waals surface area (Å²) < 4.78 is 0. The summed E-state index contributed by atoms with van der Waals surface area (Å²) in [6.45, 7) is 7.08. The summed E-state index contributed by atoms with van der Waals surface area (Å²) in [4.78, 5) is 22.8. The standard InChI is InChI=1S/C10H17N3O2/c1-6(2)12-9(14)8(5-11)10(15)13-7(3)4/h6-8H,1-4H3,(H,12,14)(H,13,15). The molecule has 0 aromatic heterocycles. The summed E-state index contributed by atoms with van der Waals surface area (Å²) in [7, 11) is 0. The van der Waals surface area contributed by atoms with Crippen molar-refractivity contribution in [1.29, 1.82) is 5.26 Å². The third-order valence-corrected chi connectivity index (χ3v) is 1.52. The molecule has 0 spiro atoms. The maximum Gasteiger partial charge on any atom is 0.247 e. The van der Waals surface area contributed by atoms with Crippen molar-refractivity contribution in [2.24, 2.45) is 5.92 Å². The zero-order valence-electron chi connectivity index (χ0n) is 9.50. The Balaban J connectivity index is 4.43. The highest BCUT2D eigenvalue weighted by Gasteiger charge is 2.26. The van der Waals surface area contributed by atoms with Crippen LogP contribution in [0.25, 0.3) is 0 Å². The summed E-state index contributed by atoms with van der Waals surface area (Å²) >= 11 is 0. The third kappa shape index (κ3) is 5.01. The number of hydrogen-bond donors (Lipinski definition) is 2. The Morgan fingerprint density at radius 2 is 1.33 bits per heavy atom. The van der Waals surface area contributed by atoms with E-state index >= 15 is 0 Å². The highest BCUT2D eigenvalue weighted by Crippen LogP contribution is 1.97. The number of hydrogen-bond acceptors (Lipinski definition) is 3. The Labute approximate surface area is 89.8 Å². The van der Waals surface area contributed by atoms with E-state index in [4.69, 9.17) is 5.26 Å². The lowest BCUT2D eigenvalue weighted by molar-refractivity contribution is -0.133. The molecule has 5 nitrogen and oxygen atoms in total. The number of nitrogens with zero attached hydrogens (tertiary/aromatic N) is 1. The van der Waals surface area contributed by atoms with Crippen molar-refractivity contribution in [3.63, 3.8) is 0 Å². The maximum absolute atomic E-state index is 11.4. The van der Waals surface area contributed by atoms with Crippen LogP contribution >= 0.6 is 0 Å². The van der Waals surface area contributed by atoms with Gasteiger partial charge in [-0.05, 0) is 27.7 Å². The van der Waals surface area contributed by atoms with Crippen molar-refractivity contribution >= 4 is 11.8 Å². The fraction of sp³-hybridized carbons (Fsp3) is 0.700. The SMILES string of the molecule is CC(C)NC(=O)C(C#N)C(=O)NC(C)C. The van der Waals surface area contributed by atoms with Gasteiger partial charge in [0, 0.05) is 12.1 Å². The van der Waals surface area contributed by atoms with Crippen LogP contribution in [0.1, 0.15) is 27.7 Å². The molecular formula is C10H17N3O2. The highest BCUT2D eigenvalue weighted by atomic mass is 16.2. The number of carbonyl (C=O) groups excluding carboxylic acids is 2. The average molecular weight is 211 g/mol. The Bertz CT molecular complexity index is 257. The number of nitrogens with one attached hydrogen (secondary N) is 2. The molecule has 0 saturated carbocycles. The fourth-order valence-corrected chi connectivity index (χ4v) is 0.972. The monoisotopic (exact) mass is 211 g/mol. The Morgan fingerprint density at radius 3 is 1.53 bits per heavy atom. The number of rotatable bonds is 4. The van der Waals surface area contributed by atoms with Crippen LogP contribution < -0.4 is 10.6 Å². The first-order valence-electron chi connectivity index (χ1n) is 4.88. The van der Waals surface area contributed by atoms with Crippen molar-refractivity contribution in [3.05, 3.63) is 0 Å². The lowest BCUT2D eigenvalue weighted by Gasteiger charge is -2.14. The van der Waals surface area contributed by atoms with Crippen LogP contribution in [0.2, 0.25) is 0 Å². The molecule has 2 N–H and O–H groups in total. The van der Waals surface area contributed by atoms with Gasteiger partial charge in [-0.2, -0.15) is 5.26 Å². The Morgan fingerprint density at radius 1 is 1.00 bits per heavy atom. The molecule has 0 bridgehead atoms. The Kier molecular flexibility index (Phi) is 5.39. The molecule has 0 heterocycles. The lowest BCUT2D eigenvalue weighted by Crippen LogP contribution is -2.44. The van der Waals surface area contributed by atoms with Gasteiger partial charge in [0.2, 0.25) is 17.7 Å². The molecule has 0 unspecified atom stereocenters. The minimum Gasteiger partial charge on any atom is -0.352 e. The van der Waals surface area contributed by atoms with Crippen molar-refractivity contribution in [2.45, 2.75) is 39.8 Å². The van der Waals surface area contributed by atoms with Gasteiger partial charge in [0.1, 0.15) is 0 Å². The van der Waals surface area contributed by atoms with Gasteiger partial charge in [-0.15, -0.1) is 0 Å². The zero-order chi connectivity index (χ0) is 12.0. The molecule has 0 fully saturated rings. The van der Waals surface area contributed by atoms with Crippen LogP contribution in [0.3, 0.4) is 0 Å². The predicted molar refractivity (Wildman–Crippen MR) is 55.7 cm³/mol. The number of amides is 2. The maximum atomic E-state index is 11.4. The first kappa shape index (κ1) is 13.4. The third-order valence-electron chi connectivity index (χ3n) is 1.52. The summed E-state index contributed by atoms with van der Waals surface area (Å²) in [6.07, 6.45) is 0. The molecule has 5 heteroatoms. The van der Waals surface area contributed by atoms with Crippen molar-refractivity contribution < 1.29 is 9.59 Å². The molecule has 0 aliphatic heterocycles. The van der Waals surface area contributed by atoms with Gasteiger partial charge in [0.05, 0.1) is 6.07 Å². The molecule has 0 aromatic rings. The van der Waals surface area contributed by atoms with Gasteiger partial charge in [0.25, 0.3) is 0 Å². The molecule has 0 rings (SSSR count). The molecule has 0 radical (unpaired) electrons. The second-order valence-corrected chi connectivity index (χ2v) is 3.89. The van der Waals surface area contributed by atoms with Crippen LogP contribution in [0.4, 0.5) is 0 Å². The summed E-state index contributed by atoms with van der Waals surface area (Å²) in [5.74, 6) is -2.37. The minimum atomic E-state index is -1.27. The van der Waals surface area contributed by atoms with Crippen molar-refractivity contribution in [2.75, 3.05) is 0 Å². The molecule has 84 valence electrons. The number of carbonyl (C=O) groups is 2. The van der Waals surface area contributed by atoms with E-state index in [1.165, 1.54) is 0 Å². The second kappa shape index (κ2) is 6.02. The first-order chi connectivity index (χ1) is 6.88. The van der Waals surface area contributed by atoms with E-state index in [0.717, 1.165) is 0 Å². The molecular weight excluding hydrogens is 194 g/mol. The van der Waals surface area contributed by atoms with Gasteiger partial charge in [0.15, 0.2) is 0 Å². The average Bonchev–Trinajstić information content (AvgIpc) is 2.01. The molecule has 0 aliphatic rings. The van der Waals surface area contributed by atoms with Crippen LogP contribution in [-0.2, 0) is 9.59 Å². The summed E-state index contributed by atoms with van der Waals surface area (Å²) in [5, 5.41) is 13.8. The molecule has 2 amide bonds. The summed E-state index contributed by atoms with van der Waals surface area (Å²) in [5.41, 5.74) is 0. The topological polar surface area (TPSA) is 82.0 Å². The molecule has 15 heavy (non-hydrogen) atoms. The van der Waals surface area contributed by atoms with Crippen LogP contribution in [0, 0.1) is 17.2 Å². The Hall–Kier alpha value is -1.57. The van der Waals surface area contributed by atoms with Gasteiger partial charge in [-0.1, -0.05) is 0 Å².